The number of nitrogens with one attached hydrogen (secondary N) is 1. The van der Waals surface area contributed by atoms with Crippen LogP contribution in [0.1, 0.15) is 57.6 Å². The Bertz CT molecular complexity index is 1610. The Morgan fingerprint density at radius 2 is 1.87 bits per heavy atom. The largest absolute Gasteiger partial charge is 0.455 e. The Morgan fingerprint density at radius 3 is 2.48 bits per heavy atom. The van der Waals surface area contributed by atoms with Crippen molar-refractivity contribution in [3.63, 3.8) is 0 Å². The lowest BCUT2D eigenvalue weighted by atomic mass is 9.70. The molecular formula is C40H50ClN3O8. The van der Waals surface area contributed by atoms with Crippen molar-refractivity contribution >= 4 is 41.0 Å². The maximum atomic E-state index is 14.9. The molecule has 3 aliphatic heterocycles. The highest BCUT2D eigenvalue weighted by Gasteiger charge is 2.76. The zero-order valence-electron chi connectivity index (χ0n) is 30.1. The fourth-order valence-electron chi connectivity index (χ4n) is 8.16. The van der Waals surface area contributed by atoms with E-state index in [1.807, 2.05) is 32.0 Å². The van der Waals surface area contributed by atoms with Crippen molar-refractivity contribution in [3.05, 3.63) is 90.5 Å². The predicted molar refractivity (Wildman–Crippen MR) is 197 cm³/mol. The van der Waals surface area contributed by atoms with E-state index >= 15 is 0 Å². The molecule has 9 atom stereocenters. The Hall–Kier alpha value is -4.03. The predicted octanol–water partition coefficient (Wildman–Crippen LogP) is 5.02. The SMILES string of the molecule is C=CCCC(=O)N[C@@H](COC)[C@@H](OC(=O)[C@@H]1[C@H]2C(=O)N([C@@H](CO)[C@@H](C)CC)[C@H](C(=O)N(CC=C)c3ccc(Cl)cc3)[C@]23CC[C@H]1O3)c1ccccc1. The van der Waals surface area contributed by atoms with E-state index in [-0.39, 0.29) is 38.0 Å². The third-order valence-electron chi connectivity index (χ3n) is 10.8. The van der Waals surface area contributed by atoms with Gasteiger partial charge in [0.2, 0.25) is 11.8 Å². The highest BCUT2D eigenvalue weighted by atomic mass is 35.5. The van der Waals surface area contributed by atoms with Crippen LogP contribution in [0.5, 0.6) is 0 Å². The molecule has 0 aliphatic carbocycles. The van der Waals surface area contributed by atoms with Crippen LogP contribution in [-0.2, 0) is 33.4 Å². The Balaban J connectivity index is 1.54. The zero-order valence-corrected chi connectivity index (χ0v) is 30.9. The molecule has 12 heteroatoms. The first-order valence-corrected chi connectivity index (χ1v) is 18.4. The number of rotatable bonds is 18. The van der Waals surface area contributed by atoms with Gasteiger partial charge in [-0.05, 0) is 55.0 Å². The van der Waals surface area contributed by atoms with Crippen molar-refractivity contribution in [2.75, 3.05) is 31.8 Å². The minimum absolute atomic E-state index is 0.0465. The number of likely N-dealkylation sites (tertiary alicyclic amines) is 1. The molecule has 2 aromatic rings. The highest BCUT2D eigenvalue weighted by Crippen LogP contribution is 2.59. The molecule has 0 saturated carbocycles. The Kier molecular flexibility index (Phi) is 13.0. The zero-order chi connectivity index (χ0) is 37.6. The van der Waals surface area contributed by atoms with Crippen LogP contribution >= 0.6 is 11.6 Å². The van der Waals surface area contributed by atoms with Crippen LogP contribution in [0.3, 0.4) is 0 Å². The lowest BCUT2D eigenvalue weighted by molar-refractivity contribution is -0.163. The summed E-state index contributed by atoms with van der Waals surface area (Å²) in [6.07, 6.45) is 3.70. The van der Waals surface area contributed by atoms with Gasteiger partial charge in [0.1, 0.15) is 17.7 Å². The van der Waals surface area contributed by atoms with Gasteiger partial charge < -0.3 is 34.4 Å². The Labute approximate surface area is 310 Å². The molecule has 3 amide bonds. The van der Waals surface area contributed by atoms with Gasteiger partial charge in [-0.2, -0.15) is 0 Å². The normalized spacial score (nSPS) is 25.5. The number of methoxy groups -OCH3 is 1. The van der Waals surface area contributed by atoms with Gasteiger partial charge in [0.15, 0.2) is 0 Å². The van der Waals surface area contributed by atoms with Crippen molar-refractivity contribution in [1.82, 2.24) is 10.2 Å². The molecule has 280 valence electrons. The first-order chi connectivity index (χ1) is 25.1. The molecule has 0 unspecified atom stereocenters. The molecule has 2 N–H and O–H groups in total. The number of carbonyl (C=O) groups is 4. The van der Waals surface area contributed by atoms with Gasteiger partial charge in [0, 0.05) is 30.8 Å². The summed E-state index contributed by atoms with van der Waals surface area (Å²) >= 11 is 6.18. The standard InChI is InChI=1S/C40H50ClN3O8/c1-6-9-15-32(46)42-29(24-50-5)35(26-13-11-10-12-14-26)51-39(49)33-31-20-21-40(52-31)34(33)37(47)44(30(23-45)25(4)8-3)36(40)38(48)43(22-7-2)28-18-16-27(41)17-19-28/h6-7,10-14,16-19,25,29-31,33-36,45H,1-2,8-9,15,20-24H2,3-5H3,(H,42,46)/t25-,29-,30-,31+,33-,34-,35-,36+,40-/m0/s1. The monoisotopic (exact) mass is 735 g/mol. The number of amides is 3. The first kappa shape index (κ1) is 39.2. The number of aliphatic hydroxyl groups excluding tert-OH is 1. The molecule has 3 saturated heterocycles. The van der Waals surface area contributed by atoms with Gasteiger partial charge in [0.25, 0.3) is 5.91 Å². The number of benzene rings is 2. The van der Waals surface area contributed by atoms with E-state index in [9.17, 15) is 24.3 Å². The summed E-state index contributed by atoms with van der Waals surface area (Å²) < 4.78 is 18.5. The van der Waals surface area contributed by atoms with Crippen LogP contribution in [-0.4, -0.2) is 90.4 Å². The minimum atomic E-state index is -1.34. The summed E-state index contributed by atoms with van der Waals surface area (Å²) in [5.74, 6) is -4.01. The van der Waals surface area contributed by atoms with E-state index in [4.69, 9.17) is 25.8 Å². The van der Waals surface area contributed by atoms with Gasteiger partial charge in [-0.25, -0.2) is 0 Å². The first-order valence-electron chi connectivity index (χ1n) is 18.0. The fourth-order valence-corrected chi connectivity index (χ4v) is 8.28. The summed E-state index contributed by atoms with van der Waals surface area (Å²) in [5, 5.41) is 14.2. The maximum absolute atomic E-state index is 14.9. The number of allylic oxidation sites excluding steroid dienone is 1. The third kappa shape index (κ3) is 7.55. The van der Waals surface area contributed by atoms with Crippen LogP contribution in [0.2, 0.25) is 5.02 Å². The molecule has 3 heterocycles. The van der Waals surface area contributed by atoms with E-state index in [0.29, 0.717) is 42.0 Å². The molecule has 3 fully saturated rings. The van der Waals surface area contributed by atoms with Crippen molar-refractivity contribution in [1.29, 1.82) is 0 Å². The smallest absolute Gasteiger partial charge is 0.313 e. The van der Waals surface area contributed by atoms with Crippen molar-refractivity contribution in [2.45, 2.75) is 81.9 Å². The van der Waals surface area contributed by atoms with Gasteiger partial charge in [0.05, 0.1) is 43.2 Å². The van der Waals surface area contributed by atoms with E-state index < -0.39 is 65.6 Å². The number of esters is 1. The van der Waals surface area contributed by atoms with E-state index in [1.165, 1.54) is 16.9 Å². The summed E-state index contributed by atoms with van der Waals surface area (Å²) in [4.78, 5) is 60.3. The van der Waals surface area contributed by atoms with Gasteiger partial charge >= 0.3 is 5.97 Å². The number of aliphatic hydroxyl groups is 1. The van der Waals surface area contributed by atoms with Crippen LogP contribution in [0.4, 0.5) is 5.69 Å². The van der Waals surface area contributed by atoms with E-state index in [0.717, 1.165) is 0 Å². The second kappa shape index (κ2) is 17.2. The number of hydrogen-bond acceptors (Lipinski definition) is 8. The molecular weight excluding hydrogens is 686 g/mol. The number of halogens is 1. The van der Waals surface area contributed by atoms with Crippen LogP contribution < -0.4 is 10.2 Å². The topological polar surface area (TPSA) is 135 Å². The van der Waals surface area contributed by atoms with Gasteiger partial charge in [-0.15, -0.1) is 13.2 Å². The lowest BCUT2D eigenvalue weighted by Crippen LogP contribution is -2.60. The maximum Gasteiger partial charge on any atom is 0.313 e. The number of anilines is 1. The van der Waals surface area contributed by atoms with Crippen LogP contribution in [0.25, 0.3) is 0 Å². The average molecular weight is 736 g/mol. The van der Waals surface area contributed by atoms with Crippen LogP contribution in [0.15, 0.2) is 79.9 Å². The average Bonchev–Trinajstić information content (AvgIpc) is 3.80. The molecule has 3 aliphatic rings. The summed E-state index contributed by atoms with van der Waals surface area (Å²) in [6, 6.07) is 13.3. The molecule has 1 spiro atoms. The fraction of sp³-hybridized carbons (Fsp3) is 0.500. The molecule has 0 radical (unpaired) electrons. The summed E-state index contributed by atoms with van der Waals surface area (Å²) in [5.41, 5.74) is -0.157. The molecule has 2 aromatic carbocycles. The Morgan fingerprint density at radius 1 is 1.15 bits per heavy atom. The summed E-state index contributed by atoms with van der Waals surface area (Å²) in [7, 11) is 1.50. The van der Waals surface area contributed by atoms with Crippen molar-refractivity contribution in [2.24, 2.45) is 17.8 Å². The second-order valence-corrected chi connectivity index (χ2v) is 14.3. The quantitative estimate of drug-likeness (QED) is 0.161. The van der Waals surface area contributed by atoms with Crippen molar-refractivity contribution < 1.29 is 38.5 Å². The minimum Gasteiger partial charge on any atom is -0.455 e. The number of ether oxygens (including phenoxy) is 3. The van der Waals surface area contributed by atoms with Crippen LogP contribution in [0, 0.1) is 17.8 Å². The number of fused-ring (bicyclic) bond motifs is 1. The van der Waals surface area contributed by atoms with Gasteiger partial charge in [-0.1, -0.05) is 74.4 Å². The molecule has 0 aromatic heterocycles. The molecule has 5 rings (SSSR count). The highest BCUT2D eigenvalue weighted by molar-refractivity contribution is 6.30. The number of hydrogen-bond donors (Lipinski definition) is 2. The second-order valence-electron chi connectivity index (χ2n) is 13.9. The number of nitrogens with zero attached hydrogens (tertiary/aromatic N) is 2. The van der Waals surface area contributed by atoms with E-state index in [1.54, 1.807) is 48.6 Å². The number of carbonyl (C=O) groups excluding carboxylic acids is 4. The molecule has 11 nitrogen and oxygen atoms in total. The lowest BCUT2D eigenvalue weighted by Gasteiger charge is -2.40. The molecule has 52 heavy (non-hydrogen) atoms. The van der Waals surface area contributed by atoms with Crippen molar-refractivity contribution in [3.8, 4) is 0 Å². The van der Waals surface area contributed by atoms with Gasteiger partial charge in [-0.3, -0.25) is 19.2 Å². The molecule has 2 bridgehead atoms. The summed E-state index contributed by atoms with van der Waals surface area (Å²) in [6.45, 7) is 11.2. The van der Waals surface area contributed by atoms with E-state index in [2.05, 4.69) is 18.5 Å². The third-order valence-corrected chi connectivity index (χ3v) is 11.1.